The Hall–Kier alpha value is -1.73. The van der Waals surface area contributed by atoms with Crippen LogP contribution in [-0.4, -0.2) is 39.6 Å². The van der Waals surface area contributed by atoms with Crippen molar-refractivity contribution in [2.24, 2.45) is 5.73 Å². The monoisotopic (exact) mass is 334 g/mol. The summed E-state index contributed by atoms with van der Waals surface area (Å²) in [5.74, 6) is 1.23. The molecule has 0 radical (unpaired) electrons. The van der Waals surface area contributed by atoms with Crippen LogP contribution in [0.15, 0.2) is 22.0 Å². The molecular weight excluding hydrogens is 312 g/mol. The van der Waals surface area contributed by atoms with E-state index in [-0.39, 0.29) is 18.0 Å². The first-order valence-corrected chi connectivity index (χ1v) is 8.94. The van der Waals surface area contributed by atoms with Crippen LogP contribution in [0.2, 0.25) is 0 Å². The van der Waals surface area contributed by atoms with E-state index in [9.17, 15) is 4.79 Å². The van der Waals surface area contributed by atoms with Gasteiger partial charge in [0.1, 0.15) is 0 Å². The third-order valence-electron chi connectivity index (χ3n) is 4.24. The van der Waals surface area contributed by atoms with Gasteiger partial charge in [0, 0.05) is 31.5 Å². The molecule has 3 heterocycles. The summed E-state index contributed by atoms with van der Waals surface area (Å²) in [5, 5.41) is 5.94. The normalized spacial score (nSPS) is 19.7. The highest BCUT2D eigenvalue weighted by Crippen LogP contribution is 2.23. The van der Waals surface area contributed by atoms with E-state index in [1.807, 2.05) is 29.3 Å². The molecule has 2 aromatic rings. The Balaban J connectivity index is 1.58. The van der Waals surface area contributed by atoms with Crippen LogP contribution in [0.5, 0.6) is 0 Å². The highest BCUT2D eigenvalue weighted by molar-refractivity contribution is 7.13. The molecule has 1 aliphatic rings. The van der Waals surface area contributed by atoms with Crippen LogP contribution in [-0.2, 0) is 11.2 Å². The Morgan fingerprint density at radius 1 is 1.57 bits per heavy atom. The lowest BCUT2D eigenvalue weighted by molar-refractivity contribution is -0.135. The summed E-state index contributed by atoms with van der Waals surface area (Å²) in [6.07, 6.45) is 4.04. The number of rotatable bonds is 5. The number of likely N-dealkylation sites (tertiary alicyclic amines) is 1. The summed E-state index contributed by atoms with van der Waals surface area (Å²) in [6, 6.07) is 4.06. The molecular formula is C16H22N4O2S. The lowest BCUT2D eigenvalue weighted by atomic mass is 9.96. The topological polar surface area (TPSA) is 85.2 Å². The number of amides is 1. The number of aromatic nitrogens is 2. The summed E-state index contributed by atoms with van der Waals surface area (Å²) >= 11 is 1.57. The fourth-order valence-corrected chi connectivity index (χ4v) is 3.68. The lowest BCUT2D eigenvalue weighted by Crippen LogP contribution is -2.51. The van der Waals surface area contributed by atoms with Crippen LogP contribution >= 0.6 is 11.3 Å². The SMILES string of the molecule is CC(N)C1CCCCN1C(=O)CCc1nc(-c2cccs2)no1. The van der Waals surface area contributed by atoms with E-state index in [0.717, 1.165) is 30.7 Å². The van der Waals surface area contributed by atoms with Gasteiger partial charge in [-0.25, -0.2) is 0 Å². The average molecular weight is 334 g/mol. The van der Waals surface area contributed by atoms with Crippen molar-refractivity contribution in [1.82, 2.24) is 15.0 Å². The van der Waals surface area contributed by atoms with Gasteiger partial charge in [-0.15, -0.1) is 11.3 Å². The zero-order valence-corrected chi connectivity index (χ0v) is 14.1. The van der Waals surface area contributed by atoms with Gasteiger partial charge >= 0.3 is 0 Å². The smallest absolute Gasteiger partial charge is 0.227 e. The second kappa shape index (κ2) is 7.23. The first kappa shape index (κ1) is 16.1. The van der Waals surface area contributed by atoms with Gasteiger partial charge in [-0.05, 0) is 37.6 Å². The van der Waals surface area contributed by atoms with Crippen LogP contribution in [0.25, 0.3) is 10.7 Å². The third kappa shape index (κ3) is 3.79. The van der Waals surface area contributed by atoms with Crippen molar-refractivity contribution in [2.45, 2.75) is 51.1 Å². The van der Waals surface area contributed by atoms with Gasteiger partial charge in [0.2, 0.25) is 17.6 Å². The Kier molecular flexibility index (Phi) is 5.07. The number of thiophene rings is 1. The van der Waals surface area contributed by atoms with E-state index >= 15 is 0 Å². The average Bonchev–Trinajstić information content (AvgIpc) is 3.23. The molecule has 1 aliphatic heterocycles. The van der Waals surface area contributed by atoms with E-state index in [2.05, 4.69) is 10.1 Å². The number of carbonyl (C=O) groups is 1. The third-order valence-corrected chi connectivity index (χ3v) is 5.10. The molecule has 0 bridgehead atoms. The summed E-state index contributed by atoms with van der Waals surface area (Å²) in [5.41, 5.74) is 6.03. The summed E-state index contributed by atoms with van der Waals surface area (Å²) in [6.45, 7) is 2.77. The van der Waals surface area contributed by atoms with Crippen LogP contribution in [0, 0.1) is 0 Å². The molecule has 124 valence electrons. The lowest BCUT2D eigenvalue weighted by Gasteiger charge is -2.38. The van der Waals surface area contributed by atoms with Crippen molar-refractivity contribution < 1.29 is 9.32 Å². The van der Waals surface area contributed by atoms with E-state index < -0.39 is 0 Å². The fraction of sp³-hybridized carbons (Fsp3) is 0.562. The van der Waals surface area contributed by atoms with Gasteiger partial charge in [-0.2, -0.15) is 4.98 Å². The predicted octanol–water partition coefficient (Wildman–Crippen LogP) is 2.46. The van der Waals surface area contributed by atoms with E-state index in [0.29, 0.717) is 24.6 Å². The number of aryl methyl sites for hydroxylation is 1. The number of piperidine rings is 1. The maximum atomic E-state index is 12.5. The molecule has 3 rings (SSSR count). The molecule has 6 nitrogen and oxygen atoms in total. The predicted molar refractivity (Wildman–Crippen MR) is 88.9 cm³/mol. The second-order valence-corrected chi connectivity index (χ2v) is 6.95. The summed E-state index contributed by atoms with van der Waals surface area (Å²) in [4.78, 5) is 19.8. The van der Waals surface area contributed by atoms with E-state index in [4.69, 9.17) is 10.3 Å². The minimum Gasteiger partial charge on any atom is -0.339 e. The minimum absolute atomic E-state index is 0.00749. The van der Waals surface area contributed by atoms with Crippen molar-refractivity contribution in [3.05, 3.63) is 23.4 Å². The van der Waals surface area contributed by atoms with Crippen LogP contribution in [0.3, 0.4) is 0 Å². The zero-order chi connectivity index (χ0) is 16.2. The molecule has 0 aliphatic carbocycles. The second-order valence-electron chi connectivity index (χ2n) is 6.00. The van der Waals surface area contributed by atoms with Crippen molar-refractivity contribution in [1.29, 1.82) is 0 Å². The zero-order valence-electron chi connectivity index (χ0n) is 13.3. The Labute approximate surface area is 139 Å². The van der Waals surface area contributed by atoms with Crippen molar-refractivity contribution >= 4 is 17.2 Å². The molecule has 1 saturated heterocycles. The number of hydrogen-bond acceptors (Lipinski definition) is 6. The Morgan fingerprint density at radius 2 is 2.43 bits per heavy atom. The van der Waals surface area contributed by atoms with Crippen molar-refractivity contribution in [3.63, 3.8) is 0 Å². The fourth-order valence-electron chi connectivity index (χ4n) is 3.03. The highest BCUT2D eigenvalue weighted by atomic mass is 32.1. The number of carbonyl (C=O) groups excluding carboxylic acids is 1. The number of nitrogens with zero attached hydrogens (tertiary/aromatic N) is 3. The van der Waals surface area contributed by atoms with Gasteiger partial charge in [-0.1, -0.05) is 11.2 Å². The molecule has 0 aromatic carbocycles. The van der Waals surface area contributed by atoms with E-state index in [1.165, 1.54) is 0 Å². The molecule has 1 fully saturated rings. The largest absolute Gasteiger partial charge is 0.339 e. The van der Waals surface area contributed by atoms with E-state index in [1.54, 1.807) is 11.3 Å². The van der Waals surface area contributed by atoms with Gasteiger partial charge in [0.15, 0.2) is 0 Å². The molecule has 2 N–H and O–H groups in total. The Bertz CT molecular complexity index is 638. The first-order valence-electron chi connectivity index (χ1n) is 8.06. The van der Waals surface area contributed by atoms with Gasteiger partial charge < -0.3 is 15.2 Å². The molecule has 2 unspecified atom stereocenters. The molecule has 0 saturated carbocycles. The van der Waals surface area contributed by atoms with Crippen LogP contribution in [0.4, 0.5) is 0 Å². The molecule has 7 heteroatoms. The van der Waals surface area contributed by atoms with Crippen LogP contribution < -0.4 is 5.73 Å². The standard InChI is InChI=1S/C16H22N4O2S/c1-11(17)12-5-2-3-9-20(12)15(21)8-7-14-18-16(19-22-14)13-6-4-10-23-13/h4,6,10-12H,2-3,5,7-9,17H2,1H3. The molecule has 0 spiro atoms. The quantitative estimate of drug-likeness (QED) is 0.908. The van der Waals surface area contributed by atoms with Gasteiger partial charge in [0.05, 0.1) is 4.88 Å². The molecule has 2 aromatic heterocycles. The summed E-state index contributed by atoms with van der Waals surface area (Å²) in [7, 11) is 0. The van der Waals surface area contributed by atoms with Gasteiger partial charge in [0.25, 0.3) is 0 Å². The van der Waals surface area contributed by atoms with Crippen LogP contribution in [0.1, 0.15) is 38.5 Å². The molecule has 23 heavy (non-hydrogen) atoms. The molecule has 1 amide bonds. The minimum atomic E-state index is 0.00749. The highest BCUT2D eigenvalue weighted by Gasteiger charge is 2.29. The summed E-state index contributed by atoms with van der Waals surface area (Å²) < 4.78 is 5.25. The first-order chi connectivity index (χ1) is 11.1. The Morgan fingerprint density at radius 3 is 3.17 bits per heavy atom. The maximum absolute atomic E-state index is 12.5. The number of hydrogen-bond donors (Lipinski definition) is 1. The van der Waals surface area contributed by atoms with Gasteiger partial charge in [-0.3, -0.25) is 4.79 Å². The van der Waals surface area contributed by atoms with Crippen molar-refractivity contribution in [2.75, 3.05) is 6.54 Å². The molecule has 2 atom stereocenters. The van der Waals surface area contributed by atoms with Crippen molar-refractivity contribution in [3.8, 4) is 10.7 Å². The maximum Gasteiger partial charge on any atom is 0.227 e. The number of nitrogens with two attached hydrogens (primary N) is 1.